The number of carbonyl (C=O) groups excluding carboxylic acids is 1. The van der Waals surface area contributed by atoms with Crippen LogP contribution in [0.1, 0.15) is 46.5 Å². The maximum Gasteiger partial charge on any atom is 0.309 e. The summed E-state index contributed by atoms with van der Waals surface area (Å²) in [4.78, 5) is 19.0. The number of hydrogen-bond donors (Lipinski definition) is 1. The smallest absolute Gasteiger partial charge is 0.309 e. The number of esters is 1. The molecule has 0 spiro atoms. The Hall–Kier alpha value is -0.180. The number of thioether (sulfide) groups is 1. The van der Waals surface area contributed by atoms with Crippen molar-refractivity contribution in [2.75, 3.05) is 24.6 Å². The summed E-state index contributed by atoms with van der Waals surface area (Å²) in [7, 11) is 0. The lowest BCUT2D eigenvalue weighted by atomic mass is 9.86. The van der Waals surface area contributed by atoms with Gasteiger partial charge in [-0.15, -0.1) is 24.0 Å². The van der Waals surface area contributed by atoms with Gasteiger partial charge < -0.3 is 15.4 Å². The molecular formula is C16H30IN3O2S. The highest BCUT2D eigenvalue weighted by Gasteiger charge is 2.30. The first-order valence-corrected chi connectivity index (χ1v) is 9.39. The van der Waals surface area contributed by atoms with E-state index in [0.29, 0.717) is 5.96 Å². The lowest BCUT2D eigenvalue weighted by Gasteiger charge is -2.31. The van der Waals surface area contributed by atoms with Crippen LogP contribution in [0.2, 0.25) is 0 Å². The number of carbonyl (C=O) groups is 1. The molecule has 1 heterocycles. The zero-order chi connectivity index (χ0) is 16.2. The van der Waals surface area contributed by atoms with Gasteiger partial charge in [0.15, 0.2) is 5.96 Å². The molecule has 0 aromatic heterocycles. The van der Waals surface area contributed by atoms with Crippen LogP contribution in [0.5, 0.6) is 0 Å². The molecular weight excluding hydrogens is 425 g/mol. The Morgan fingerprint density at radius 3 is 2.26 bits per heavy atom. The summed E-state index contributed by atoms with van der Waals surface area (Å²) in [5.41, 5.74) is 5.73. The minimum absolute atomic E-state index is 0. The Morgan fingerprint density at radius 1 is 1.17 bits per heavy atom. The summed E-state index contributed by atoms with van der Waals surface area (Å²) in [6.07, 6.45) is 3.55. The second-order valence-corrected chi connectivity index (χ2v) is 8.35. The first kappa shape index (κ1) is 20.9. The topological polar surface area (TPSA) is 67.9 Å². The van der Waals surface area contributed by atoms with Crippen LogP contribution in [0, 0.1) is 5.92 Å². The van der Waals surface area contributed by atoms with Crippen molar-refractivity contribution in [2.45, 2.75) is 58.1 Å². The van der Waals surface area contributed by atoms with E-state index in [1.807, 2.05) is 32.5 Å². The van der Waals surface area contributed by atoms with Gasteiger partial charge in [0.2, 0.25) is 0 Å². The summed E-state index contributed by atoms with van der Waals surface area (Å²) >= 11 is 1.97. The van der Waals surface area contributed by atoms with Gasteiger partial charge in [-0.2, -0.15) is 11.8 Å². The average molecular weight is 455 g/mol. The van der Waals surface area contributed by atoms with E-state index < -0.39 is 5.60 Å². The molecule has 2 fully saturated rings. The first-order valence-electron chi connectivity index (χ1n) is 8.24. The van der Waals surface area contributed by atoms with Crippen LogP contribution in [0.3, 0.4) is 0 Å². The predicted octanol–water partition coefficient (Wildman–Crippen LogP) is 2.87. The van der Waals surface area contributed by atoms with Gasteiger partial charge in [-0.25, -0.2) is 4.99 Å². The number of aliphatic imine (C=N–C) groups is 1. The normalized spacial score (nSPS) is 26.4. The molecule has 0 aromatic carbocycles. The Bertz CT molecular complexity index is 412. The van der Waals surface area contributed by atoms with Crippen molar-refractivity contribution in [3.05, 3.63) is 0 Å². The van der Waals surface area contributed by atoms with E-state index in [4.69, 9.17) is 10.5 Å². The summed E-state index contributed by atoms with van der Waals surface area (Å²) in [6.45, 7) is 7.73. The zero-order valence-electron chi connectivity index (χ0n) is 14.4. The van der Waals surface area contributed by atoms with Crippen LogP contribution in [0.25, 0.3) is 0 Å². The average Bonchev–Trinajstić information content (AvgIpc) is 2.47. The molecule has 2 N–H and O–H groups in total. The maximum atomic E-state index is 12.1. The standard InChI is InChI=1S/C16H29N3O2S.HI/c1-16(2,3)21-14(20)12-4-6-13(7-5-12)18-15(17)19-8-10-22-11-9-19;/h12-13H,4-11H2,1-3H3,(H2,17,18);1H. The molecule has 0 unspecified atom stereocenters. The van der Waals surface area contributed by atoms with E-state index in [0.717, 1.165) is 50.3 Å². The van der Waals surface area contributed by atoms with E-state index in [2.05, 4.69) is 9.89 Å². The van der Waals surface area contributed by atoms with Crippen molar-refractivity contribution in [1.82, 2.24) is 4.90 Å². The summed E-state index contributed by atoms with van der Waals surface area (Å²) in [5, 5.41) is 0. The number of ether oxygens (including phenoxy) is 1. The molecule has 1 saturated carbocycles. The molecule has 0 aromatic rings. The molecule has 23 heavy (non-hydrogen) atoms. The van der Waals surface area contributed by atoms with Gasteiger partial charge in [0.05, 0.1) is 12.0 Å². The summed E-state index contributed by atoms with van der Waals surface area (Å²) in [6, 6.07) is 0.258. The van der Waals surface area contributed by atoms with E-state index in [1.54, 1.807) is 0 Å². The molecule has 2 aliphatic rings. The van der Waals surface area contributed by atoms with E-state index in [9.17, 15) is 4.79 Å². The van der Waals surface area contributed by atoms with Crippen molar-refractivity contribution in [1.29, 1.82) is 0 Å². The fraction of sp³-hybridized carbons (Fsp3) is 0.875. The summed E-state index contributed by atoms with van der Waals surface area (Å²) in [5.74, 6) is 2.90. The third-order valence-corrected chi connectivity index (χ3v) is 5.03. The molecule has 0 atom stereocenters. The minimum atomic E-state index is -0.400. The number of rotatable bonds is 2. The molecule has 1 aliphatic carbocycles. The molecule has 0 radical (unpaired) electrons. The fourth-order valence-electron chi connectivity index (χ4n) is 2.89. The Morgan fingerprint density at radius 2 is 1.74 bits per heavy atom. The van der Waals surface area contributed by atoms with Crippen LogP contribution in [0.4, 0.5) is 0 Å². The Kier molecular flexibility index (Phi) is 8.47. The van der Waals surface area contributed by atoms with Gasteiger partial charge >= 0.3 is 5.97 Å². The van der Waals surface area contributed by atoms with Crippen LogP contribution in [-0.2, 0) is 9.53 Å². The van der Waals surface area contributed by atoms with Gasteiger partial charge in [0.1, 0.15) is 5.60 Å². The third kappa shape index (κ3) is 7.07. The second kappa shape index (κ2) is 9.34. The van der Waals surface area contributed by atoms with Gasteiger partial charge in [0, 0.05) is 24.6 Å². The monoisotopic (exact) mass is 455 g/mol. The number of guanidine groups is 1. The van der Waals surface area contributed by atoms with Crippen molar-refractivity contribution in [3.8, 4) is 0 Å². The quantitative estimate of drug-likeness (QED) is 0.300. The SMILES string of the molecule is CC(C)(C)OC(=O)C1CCC(N=C(N)N2CCSCC2)CC1.I. The highest BCUT2D eigenvalue weighted by atomic mass is 127. The number of hydrogen-bond acceptors (Lipinski definition) is 4. The predicted molar refractivity (Wildman–Crippen MR) is 108 cm³/mol. The molecule has 1 saturated heterocycles. The Balaban J connectivity index is 0.00000264. The molecule has 2 rings (SSSR count). The Labute approximate surface area is 161 Å². The van der Waals surface area contributed by atoms with Crippen molar-refractivity contribution in [3.63, 3.8) is 0 Å². The molecule has 1 aliphatic heterocycles. The maximum absolute atomic E-state index is 12.1. The highest BCUT2D eigenvalue weighted by molar-refractivity contribution is 14.0. The van der Waals surface area contributed by atoms with E-state index in [-0.39, 0.29) is 41.9 Å². The van der Waals surface area contributed by atoms with Crippen LogP contribution in [0.15, 0.2) is 4.99 Å². The third-order valence-electron chi connectivity index (χ3n) is 4.09. The van der Waals surface area contributed by atoms with Crippen molar-refractivity contribution < 1.29 is 9.53 Å². The lowest BCUT2D eigenvalue weighted by Crippen LogP contribution is -2.43. The van der Waals surface area contributed by atoms with Crippen LogP contribution < -0.4 is 5.73 Å². The number of nitrogens with two attached hydrogens (primary N) is 1. The van der Waals surface area contributed by atoms with Gasteiger partial charge in [0.25, 0.3) is 0 Å². The zero-order valence-corrected chi connectivity index (χ0v) is 17.6. The fourth-order valence-corrected chi connectivity index (χ4v) is 3.79. The van der Waals surface area contributed by atoms with Gasteiger partial charge in [-0.1, -0.05) is 0 Å². The number of halogens is 1. The number of nitrogens with zero attached hydrogens (tertiary/aromatic N) is 2. The summed E-state index contributed by atoms with van der Waals surface area (Å²) < 4.78 is 5.48. The second-order valence-electron chi connectivity index (χ2n) is 7.13. The van der Waals surface area contributed by atoms with Gasteiger partial charge in [-0.3, -0.25) is 4.79 Å². The molecule has 134 valence electrons. The largest absolute Gasteiger partial charge is 0.460 e. The van der Waals surface area contributed by atoms with Crippen LogP contribution in [-0.4, -0.2) is 53.1 Å². The highest BCUT2D eigenvalue weighted by Crippen LogP contribution is 2.28. The molecule has 5 nitrogen and oxygen atoms in total. The molecule has 0 amide bonds. The minimum Gasteiger partial charge on any atom is -0.460 e. The molecule has 0 bridgehead atoms. The van der Waals surface area contributed by atoms with Gasteiger partial charge in [-0.05, 0) is 46.5 Å². The van der Waals surface area contributed by atoms with E-state index in [1.165, 1.54) is 0 Å². The van der Waals surface area contributed by atoms with Crippen molar-refractivity contribution in [2.24, 2.45) is 16.6 Å². The van der Waals surface area contributed by atoms with E-state index >= 15 is 0 Å². The van der Waals surface area contributed by atoms with Crippen LogP contribution >= 0.6 is 35.7 Å². The first-order chi connectivity index (χ1) is 10.3. The lowest BCUT2D eigenvalue weighted by molar-refractivity contribution is -0.161. The van der Waals surface area contributed by atoms with Crippen molar-refractivity contribution >= 4 is 47.7 Å². The molecule has 7 heteroatoms.